The molecule has 0 unspecified atom stereocenters. The van der Waals surface area contributed by atoms with Gasteiger partial charge in [0, 0.05) is 42.8 Å². The maximum Gasteiger partial charge on any atom is 0.231 e. The number of amides is 1. The number of nitrogens with zero attached hydrogens (tertiary/aromatic N) is 3. The van der Waals surface area contributed by atoms with E-state index >= 15 is 0 Å². The Morgan fingerprint density at radius 1 is 1.23 bits per heavy atom. The van der Waals surface area contributed by atoms with Crippen LogP contribution in [0.3, 0.4) is 0 Å². The Kier molecular flexibility index (Phi) is 8.34. The van der Waals surface area contributed by atoms with Crippen molar-refractivity contribution in [1.29, 1.82) is 0 Å². The first-order valence-corrected chi connectivity index (χ1v) is 15.2. The minimum atomic E-state index is -3.40. The van der Waals surface area contributed by atoms with Gasteiger partial charge in [-0.15, -0.1) is 11.3 Å². The number of fused-ring (bicyclic) bond motifs is 3. The number of anilines is 2. The second kappa shape index (κ2) is 11.3. The topological polar surface area (TPSA) is 94.6 Å². The first kappa shape index (κ1) is 25.9. The van der Waals surface area contributed by atoms with E-state index in [-0.39, 0.29) is 12.3 Å². The van der Waals surface area contributed by atoms with Gasteiger partial charge in [0.2, 0.25) is 15.9 Å². The Morgan fingerprint density at radius 3 is 2.77 bits per heavy atom. The van der Waals surface area contributed by atoms with E-state index in [1.165, 1.54) is 17.8 Å². The first-order valence-electron chi connectivity index (χ1n) is 12.5. The maximum absolute atomic E-state index is 13.6. The third kappa shape index (κ3) is 7.17. The van der Waals surface area contributed by atoms with Crippen LogP contribution < -0.4 is 10.0 Å². The van der Waals surface area contributed by atoms with Crippen molar-refractivity contribution in [2.75, 3.05) is 35.9 Å². The fourth-order valence-electron chi connectivity index (χ4n) is 5.07. The van der Waals surface area contributed by atoms with Crippen molar-refractivity contribution in [3.05, 3.63) is 40.9 Å². The largest absolute Gasteiger partial charge is 0.385 e. The van der Waals surface area contributed by atoms with Crippen molar-refractivity contribution in [2.24, 2.45) is 5.92 Å². The van der Waals surface area contributed by atoms with Crippen LogP contribution in [-0.2, 0) is 27.8 Å². The zero-order valence-electron chi connectivity index (χ0n) is 20.9. The van der Waals surface area contributed by atoms with Gasteiger partial charge in [0.1, 0.15) is 0 Å². The zero-order valence-corrected chi connectivity index (χ0v) is 22.5. The number of hydrogen-bond acceptors (Lipinski definition) is 7. The minimum Gasteiger partial charge on any atom is -0.385 e. The lowest BCUT2D eigenvalue weighted by atomic mass is 10.1. The normalized spacial score (nSPS) is 21.3. The van der Waals surface area contributed by atoms with Crippen LogP contribution in [0.1, 0.15) is 50.8 Å². The molecule has 2 atom stereocenters. The summed E-state index contributed by atoms with van der Waals surface area (Å²) in [6, 6.07) is 9.13. The number of hydrogen-bond donors (Lipinski definition) is 2. The highest BCUT2D eigenvalue weighted by molar-refractivity contribution is 7.92. The average Bonchev–Trinajstić information content (AvgIpc) is 3.36. The lowest BCUT2D eigenvalue weighted by molar-refractivity contribution is -0.132. The molecule has 4 rings (SSSR count). The SMILES string of the molecule is CC(C)CCN1[C@H]2CCNc3ccccc3CN(C(=O)Cc3csc(NS(C)(=O)=O)n3)C[C@@H]1CC2. The molecule has 2 aromatic rings. The van der Waals surface area contributed by atoms with Crippen LogP contribution in [-0.4, -0.2) is 67.1 Å². The Morgan fingerprint density at radius 2 is 2.00 bits per heavy atom. The monoisotopic (exact) mass is 519 g/mol. The molecule has 2 N–H and O–H groups in total. The fraction of sp³-hybridized carbons (Fsp3) is 0.600. The zero-order chi connectivity index (χ0) is 25.0. The molecule has 3 heterocycles. The highest BCUT2D eigenvalue weighted by atomic mass is 32.2. The van der Waals surface area contributed by atoms with Crippen LogP contribution in [0.25, 0.3) is 0 Å². The molecule has 192 valence electrons. The lowest BCUT2D eigenvalue weighted by Gasteiger charge is -2.34. The van der Waals surface area contributed by atoms with E-state index in [4.69, 9.17) is 0 Å². The standard InChI is InChI=1S/C25H37N5O3S2/c1-18(2)11-13-30-21-8-9-22(30)16-29(15-19-6-4-5-7-23(19)26-12-10-21)24(31)14-20-17-34-25(27-20)28-35(3,32)33/h4-7,17-18,21-22,26H,8-16H2,1-3H3,(H,27,28)/t21-,22+/m1/s1. The number of thiazole rings is 1. The summed E-state index contributed by atoms with van der Waals surface area (Å²) in [5.41, 5.74) is 2.79. The third-order valence-electron chi connectivity index (χ3n) is 6.85. The quantitative estimate of drug-likeness (QED) is 0.578. The molecule has 1 saturated heterocycles. The molecule has 1 aromatic heterocycles. The number of aromatic nitrogens is 1. The van der Waals surface area contributed by atoms with Gasteiger partial charge in [0.15, 0.2) is 5.13 Å². The van der Waals surface area contributed by atoms with Crippen molar-refractivity contribution in [3.63, 3.8) is 0 Å². The average molecular weight is 520 g/mol. The molecule has 0 aliphatic carbocycles. The maximum atomic E-state index is 13.6. The van der Waals surface area contributed by atoms with Gasteiger partial charge in [0.05, 0.1) is 18.4 Å². The predicted molar refractivity (Wildman–Crippen MR) is 142 cm³/mol. The molecule has 8 nitrogen and oxygen atoms in total. The summed E-state index contributed by atoms with van der Waals surface area (Å²) in [5, 5.41) is 5.67. The highest BCUT2D eigenvalue weighted by Crippen LogP contribution is 2.30. The highest BCUT2D eigenvalue weighted by Gasteiger charge is 2.35. The molecular formula is C25H37N5O3S2. The Labute approximate surface area is 213 Å². The summed E-state index contributed by atoms with van der Waals surface area (Å²) in [4.78, 5) is 22.5. The van der Waals surface area contributed by atoms with Crippen molar-refractivity contribution < 1.29 is 13.2 Å². The molecule has 0 spiro atoms. The molecule has 2 aliphatic rings. The van der Waals surface area contributed by atoms with Crippen molar-refractivity contribution in [3.8, 4) is 0 Å². The lowest BCUT2D eigenvalue weighted by Crippen LogP contribution is -2.46. The molecule has 1 aromatic carbocycles. The van der Waals surface area contributed by atoms with E-state index in [1.807, 2.05) is 17.0 Å². The number of sulfonamides is 1. The van der Waals surface area contributed by atoms with Gasteiger partial charge < -0.3 is 10.2 Å². The van der Waals surface area contributed by atoms with Gasteiger partial charge in [0.25, 0.3) is 0 Å². The van der Waals surface area contributed by atoms with Gasteiger partial charge in [-0.05, 0) is 49.8 Å². The van der Waals surface area contributed by atoms with E-state index in [1.54, 1.807) is 5.38 Å². The second-order valence-corrected chi connectivity index (χ2v) is 12.8. The summed E-state index contributed by atoms with van der Waals surface area (Å²) in [6.07, 6.45) is 5.78. The van der Waals surface area contributed by atoms with Crippen molar-refractivity contribution in [1.82, 2.24) is 14.8 Å². The van der Waals surface area contributed by atoms with E-state index in [0.29, 0.717) is 41.9 Å². The number of nitrogens with one attached hydrogen (secondary N) is 2. The molecule has 2 bridgehead atoms. The first-order chi connectivity index (χ1) is 16.7. The minimum absolute atomic E-state index is 0.0162. The summed E-state index contributed by atoms with van der Waals surface area (Å²) in [5.74, 6) is 0.662. The molecular weight excluding hydrogens is 482 g/mol. The number of carbonyl (C=O) groups is 1. The number of carbonyl (C=O) groups excluding carboxylic acids is 1. The van der Waals surface area contributed by atoms with Crippen LogP contribution in [0.5, 0.6) is 0 Å². The molecule has 1 amide bonds. The molecule has 1 fully saturated rings. The van der Waals surface area contributed by atoms with Gasteiger partial charge in [-0.1, -0.05) is 32.0 Å². The van der Waals surface area contributed by atoms with Gasteiger partial charge in [-0.25, -0.2) is 13.4 Å². The summed E-state index contributed by atoms with van der Waals surface area (Å²) in [6.45, 7) is 7.76. The van der Waals surface area contributed by atoms with Crippen LogP contribution >= 0.6 is 11.3 Å². The molecule has 0 saturated carbocycles. The van der Waals surface area contributed by atoms with E-state index < -0.39 is 10.0 Å². The molecule has 0 radical (unpaired) electrons. The second-order valence-electron chi connectivity index (χ2n) is 10.1. The summed E-state index contributed by atoms with van der Waals surface area (Å²) < 4.78 is 25.4. The van der Waals surface area contributed by atoms with E-state index in [2.05, 4.69) is 45.9 Å². The van der Waals surface area contributed by atoms with Crippen LogP contribution in [0.2, 0.25) is 0 Å². The molecule has 10 heteroatoms. The Bertz CT molecular complexity index is 1120. The van der Waals surface area contributed by atoms with E-state index in [0.717, 1.165) is 49.9 Å². The van der Waals surface area contributed by atoms with Crippen molar-refractivity contribution in [2.45, 2.75) is 64.6 Å². The smallest absolute Gasteiger partial charge is 0.231 e. The van der Waals surface area contributed by atoms with Gasteiger partial charge in [-0.2, -0.15) is 0 Å². The third-order valence-corrected chi connectivity index (χ3v) is 8.35. The number of rotatable bonds is 7. The Hall–Kier alpha value is -2.17. The van der Waals surface area contributed by atoms with E-state index in [9.17, 15) is 13.2 Å². The summed E-state index contributed by atoms with van der Waals surface area (Å²) >= 11 is 1.20. The van der Waals surface area contributed by atoms with Gasteiger partial charge >= 0.3 is 0 Å². The van der Waals surface area contributed by atoms with Gasteiger partial charge in [-0.3, -0.25) is 14.4 Å². The Balaban J connectivity index is 1.56. The van der Waals surface area contributed by atoms with Crippen LogP contribution in [0, 0.1) is 5.92 Å². The number of benzene rings is 1. The van der Waals surface area contributed by atoms with Crippen LogP contribution in [0.4, 0.5) is 10.8 Å². The number of para-hydroxylation sites is 1. The predicted octanol–water partition coefficient (Wildman–Crippen LogP) is 3.78. The van der Waals surface area contributed by atoms with Crippen LogP contribution in [0.15, 0.2) is 29.6 Å². The fourth-order valence-corrected chi connectivity index (χ4v) is 6.64. The molecule has 35 heavy (non-hydrogen) atoms. The molecule has 2 aliphatic heterocycles. The van der Waals surface area contributed by atoms with Crippen molar-refractivity contribution >= 4 is 38.1 Å². The summed E-state index contributed by atoms with van der Waals surface area (Å²) in [7, 11) is -3.40.